The van der Waals surface area contributed by atoms with E-state index in [1.807, 2.05) is 6.07 Å². The van der Waals surface area contributed by atoms with E-state index in [9.17, 15) is 13.2 Å². The second-order valence-corrected chi connectivity index (χ2v) is 8.77. The van der Waals surface area contributed by atoms with Crippen LogP contribution in [-0.4, -0.2) is 31.9 Å². The van der Waals surface area contributed by atoms with Crippen molar-refractivity contribution in [3.8, 4) is 0 Å². The van der Waals surface area contributed by atoms with Gasteiger partial charge in [0.25, 0.3) is 5.91 Å². The van der Waals surface area contributed by atoms with E-state index in [1.165, 1.54) is 11.3 Å². The van der Waals surface area contributed by atoms with E-state index in [2.05, 4.69) is 21.2 Å². The number of hydrogen-bond donors (Lipinski definition) is 1. The molecule has 1 aromatic heterocycles. The molecule has 2 heterocycles. The predicted molar refractivity (Wildman–Crippen MR) is 71.2 cm³/mol. The minimum atomic E-state index is -2.87. The van der Waals surface area contributed by atoms with Crippen molar-refractivity contribution >= 4 is 43.0 Å². The van der Waals surface area contributed by atoms with Crippen LogP contribution in [0.3, 0.4) is 0 Å². The smallest absolute Gasteiger partial charge is 0.261 e. The SMILES string of the molecule is O=C(NC1CCS(=O)(=O)CC1)c1ccc(Br)s1. The van der Waals surface area contributed by atoms with Gasteiger partial charge in [-0.05, 0) is 40.9 Å². The van der Waals surface area contributed by atoms with Gasteiger partial charge in [-0.2, -0.15) is 0 Å². The third-order valence-corrected chi connectivity index (χ3v) is 6.02. The second kappa shape index (κ2) is 5.07. The summed E-state index contributed by atoms with van der Waals surface area (Å²) in [5.74, 6) is 0.225. The van der Waals surface area contributed by atoms with Crippen molar-refractivity contribution in [2.24, 2.45) is 0 Å². The Balaban J connectivity index is 1.92. The first kappa shape index (κ1) is 13.0. The molecule has 1 aliphatic heterocycles. The maximum absolute atomic E-state index is 11.8. The van der Waals surface area contributed by atoms with Gasteiger partial charge in [-0.25, -0.2) is 8.42 Å². The fourth-order valence-corrected chi connectivity index (χ4v) is 4.51. The van der Waals surface area contributed by atoms with Crippen molar-refractivity contribution in [3.05, 3.63) is 20.8 Å². The van der Waals surface area contributed by atoms with Gasteiger partial charge in [-0.3, -0.25) is 4.79 Å². The highest BCUT2D eigenvalue weighted by atomic mass is 79.9. The molecule has 0 spiro atoms. The third kappa shape index (κ3) is 3.53. The van der Waals surface area contributed by atoms with E-state index in [-0.39, 0.29) is 23.5 Å². The summed E-state index contributed by atoms with van der Waals surface area (Å²) in [5.41, 5.74) is 0. The van der Waals surface area contributed by atoms with Gasteiger partial charge in [0, 0.05) is 6.04 Å². The lowest BCUT2D eigenvalue weighted by Crippen LogP contribution is -2.40. The van der Waals surface area contributed by atoms with Crippen LogP contribution in [0.5, 0.6) is 0 Å². The lowest BCUT2D eigenvalue weighted by molar-refractivity contribution is 0.0938. The van der Waals surface area contributed by atoms with Crippen LogP contribution in [-0.2, 0) is 9.84 Å². The summed E-state index contributed by atoms with van der Waals surface area (Å²) >= 11 is 4.67. The number of hydrogen-bond acceptors (Lipinski definition) is 4. The van der Waals surface area contributed by atoms with Gasteiger partial charge in [0.2, 0.25) is 0 Å². The van der Waals surface area contributed by atoms with Crippen LogP contribution in [0, 0.1) is 0 Å². The zero-order valence-corrected chi connectivity index (χ0v) is 12.2. The molecule has 0 unspecified atom stereocenters. The highest BCUT2D eigenvalue weighted by Gasteiger charge is 2.25. The molecule has 0 atom stereocenters. The maximum Gasteiger partial charge on any atom is 0.261 e. The molecule has 1 aliphatic rings. The van der Waals surface area contributed by atoms with E-state index in [1.54, 1.807) is 6.07 Å². The van der Waals surface area contributed by atoms with E-state index >= 15 is 0 Å². The van der Waals surface area contributed by atoms with Crippen LogP contribution in [0.15, 0.2) is 15.9 Å². The minimum absolute atomic E-state index is 0.0214. The fourth-order valence-electron chi connectivity index (χ4n) is 1.73. The largest absolute Gasteiger partial charge is 0.349 e. The summed E-state index contributed by atoms with van der Waals surface area (Å²) in [6.45, 7) is 0. The van der Waals surface area contributed by atoms with Crippen molar-refractivity contribution < 1.29 is 13.2 Å². The van der Waals surface area contributed by atoms with Crippen LogP contribution in [0.1, 0.15) is 22.5 Å². The zero-order valence-electron chi connectivity index (χ0n) is 8.98. The molecule has 0 aromatic carbocycles. The van der Waals surface area contributed by atoms with Crippen LogP contribution < -0.4 is 5.32 Å². The van der Waals surface area contributed by atoms with Gasteiger partial charge in [0.15, 0.2) is 0 Å². The maximum atomic E-state index is 11.8. The molecule has 1 N–H and O–H groups in total. The first-order chi connectivity index (χ1) is 7.96. The topological polar surface area (TPSA) is 63.2 Å². The monoisotopic (exact) mass is 337 g/mol. The van der Waals surface area contributed by atoms with Crippen molar-refractivity contribution in [1.82, 2.24) is 5.32 Å². The lowest BCUT2D eigenvalue weighted by atomic mass is 10.1. The fraction of sp³-hybridized carbons (Fsp3) is 0.500. The molecule has 1 fully saturated rings. The summed E-state index contributed by atoms with van der Waals surface area (Å²) in [5, 5.41) is 2.87. The van der Waals surface area contributed by atoms with Crippen molar-refractivity contribution in [3.63, 3.8) is 0 Å². The molecule has 17 heavy (non-hydrogen) atoms. The van der Waals surface area contributed by atoms with Crippen LogP contribution >= 0.6 is 27.3 Å². The molecular formula is C10H12BrNO3S2. The molecule has 0 aliphatic carbocycles. The van der Waals surface area contributed by atoms with Gasteiger partial charge in [-0.1, -0.05) is 0 Å². The average Bonchev–Trinajstić information content (AvgIpc) is 2.68. The molecule has 0 bridgehead atoms. The Bertz CT molecular complexity index is 509. The summed E-state index contributed by atoms with van der Waals surface area (Å²) < 4.78 is 23.4. The van der Waals surface area contributed by atoms with E-state index < -0.39 is 9.84 Å². The lowest BCUT2D eigenvalue weighted by Gasteiger charge is -2.22. The number of nitrogens with one attached hydrogen (secondary N) is 1. The third-order valence-electron chi connectivity index (χ3n) is 2.69. The Hall–Kier alpha value is -0.400. The number of halogens is 1. The van der Waals surface area contributed by atoms with Crippen LogP contribution in [0.25, 0.3) is 0 Å². The normalized spacial score (nSPS) is 20.1. The summed E-state index contributed by atoms with van der Waals surface area (Å²) in [6.07, 6.45) is 1.03. The number of rotatable bonds is 2. The molecular weight excluding hydrogens is 326 g/mol. The number of carbonyl (C=O) groups excluding carboxylic acids is 1. The van der Waals surface area contributed by atoms with Crippen molar-refractivity contribution in [1.29, 1.82) is 0 Å². The van der Waals surface area contributed by atoms with E-state index in [0.29, 0.717) is 17.7 Å². The molecule has 1 aromatic rings. The molecule has 7 heteroatoms. The van der Waals surface area contributed by atoms with Gasteiger partial charge in [-0.15, -0.1) is 11.3 Å². The molecule has 94 valence electrons. The highest BCUT2D eigenvalue weighted by molar-refractivity contribution is 9.11. The Kier molecular flexibility index (Phi) is 3.89. The first-order valence-electron chi connectivity index (χ1n) is 5.23. The van der Waals surface area contributed by atoms with Gasteiger partial charge >= 0.3 is 0 Å². The number of carbonyl (C=O) groups is 1. The zero-order chi connectivity index (χ0) is 12.5. The first-order valence-corrected chi connectivity index (χ1v) is 8.66. The number of thiophene rings is 1. The van der Waals surface area contributed by atoms with Crippen molar-refractivity contribution in [2.75, 3.05) is 11.5 Å². The number of amides is 1. The Morgan fingerprint density at radius 1 is 1.35 bits per heavy atom. The Morgan fingerprint density at radius 3 is 2.53 bits per heavy atom. The van der Waals surface area contributed by atoms with Crippen molar-refractivity contribution in [2.45, 2.75) is 18.9 Å². The molecule has 1 amide bonds. The second-order valence-electron chi connectivity index (χ2n) is 4.00. The van der Waals surface area contributed by atoms with Crippen LogP contribution in [0.2, 0.25) is 0 Å². The summed E-state index contributed by atoms with van der Waals surface area (Å²) in [4.78, 5) is 12.5. The van der Waals surface area contributed by atoms with Gasteiger partial charge in [0.05, 0.1) is 20.2 Å². The summed E-state index contributed by atoms with van der Waals surface area (Å²) in [7, 11) is -2.87. The van der Waals surface area contributed by atoms with E-state index in [4.69, 9.17) is 0 Å². The summed E-state index contributed by atoms with van der Waals surface area (Å²) in [6, 6.07) is 3.56. The quantitative estimate of drug-likeness (QED) is 0.895. The molecule has 1 saturated heterocycles. The average molecular weight is 338 g/mol. The molecule has 0 saturated carbocycles. The number of sulfone groups is 1. The van der Waals surface area contributed by atoms with Gasteiger partial charge in [0.1, 0.15) is 9.84 Å². The molecule has 4 nitrogen and oxygen atoms in total. The Labute approximate surface area is 112 Å². The molecule has 2 rings (SSSR count). The predicted octanol–water partition coefficient (Wildman–Crippen LogP) is 1.82. The Morgan fingerprint density at radius 2 is 2.00 bits per heavy atom. The molecule has 0 radical (unpaired) electrons. The van der Waals surface area contributed by atoms with Gasteiger partial charge < -0.3 is 5.32 Å². The highest BCUT2D eigenvalue weighted by Crippen LogP contribution is 2.22. The minimum Gasteiger partial charge on any atom is -0.349 e. The van der Waals surface area contributed by atoms with E-state index in [0.717, 1.165) is 3.79 Å². The van der Waals surface area contributed by atoms with Crippen LogP contribution in [0.4, 0.5) is 0 Å². The standard InChI is InChI=1S/C10H12BrNO3S2/c11-9-2-1-8(16-9)10(13)12-7-3-5-17(14,15)6-4-7/h1-2,7H,3-6H2,(H,12,13).